The Labute approximate surface area is 125 Å². The van der Waals surface area contributed by atoms with Gasteiger partial charge in [-0.05, 0) is 48.9 Å². The monoisotopic (exact) mass is 312 g/mol. The van der Waals surface area contributed by atoms with Crippen molar-refractivity contribution in [3.8, 4) is 0 Å². The van der Waals surface area contributed by atoms with Gasteiger partial charge < -0.3 is 5.11 Å². The van der Waals surface area contributed by atoms with Crippen molar-refractivity contribution in [3.05, 3.63) is 57.6 Å². The molecule has 19 heavy (non-hydrogen) atoms. The van der Waals surface area contributed by atoms with Crippen LogP contribution in [0.25, 0.3) is 0 Å². The van der Waals surface area contributed by atoms with Crippen molar-refractivity contribution in [1.29, 1.82) is 0 Å². The van der Waals surface area contributed by atoms with Gasteiger partial charge in [-0.15, -0.1) is 0 Å². The first kappa shape index (κ1) is 14.3. The normalized spacial score (nSPS) is 10.5. The van der Waals surface area contributed by atoms with Crippen LogP contribution in [0.4, 0.5) is 0 Å². The SMILES string of the molecule is Cc1cc(Sc2ccc(Cl)c(Cl)c2)ccc1C(=O)O. The number of halogens is 2. The van der Waals surface area contributed by atoms with E-state index in [-0.39, 0.29) is 0 Å². The first-order valence-electron chi connectivity index (χ1n) is 5.44. The Morgan fingerprint density at radius 2 is 1.68 bits per heavy atom. The van der Waals surface area contributed by atoms with Crippen molar-refractivity contribution >= 4 is 40.9 Å². The molecule has 0 spiro atoms. The number of aromatic carboxylic acids is 1. The lowest BCUT2D eigenvalue weighted by Crippen LogP contribution is -1.98. The summed E-state index contributed by atoms with van der Waals surface area (Å²) in [5.41, 5.74) is 1.05. The Morgan fingerprint density at radius 1 is 1.05 bits per heavy atom. The molecule has 0 aromatic heterocycles. The third-order valence-electron chi connectivity index (χ3n) is 2.56. The molecule has 0 aliphatic rings. The van der Waals surface area contributed by atoms with Gasteiger partial charge in [-0.25, -0.2) is 4.79 Å². The fourth-order valence-corrected chi connectivity index (χ4v) is 2.94. The number of aryl methyl sites for hydroxylation is 1. The van der Waals surface area contributed by atoms with Crippen LogP contribution in [0.15, 0.2) is 46.2 Å². The second-order valence-electron chi connectivity index (χ2n) is 3.96. The second-order valence-corrected chi connectivity index (χ2v) is 5.92. The lowest BCUT2D eigenvalue weighted by molar-refractivity contribution is 0.0696. The maximum absolute atomic E-state index is 10.9. The Morgan fingerprint density at radius 3 is 2.26 bits per heavy atom. The zero-order chi connectivity index (χ0) is 14.0. The van der Waals surface area contributed by atoms with Crippen LogP contribution in [-0.4, -0.2) is 11.1 Å². The molecule has 0 bridgehead atoms. The van der Waals surface area contributed by atoms with Gasteiger partial charge in [0.1, 0.15) is 0 Å². The molecule has 0 saturated carbocycles. The van der Waals surface area contributed by atoms with E-state index in [4.69, 9.17) is 28.3 Å². The summed E-state index contributed by atoms with van der Waals surface area (Å²) < 4.78 is 0. The van der Waals surface area contributed by atoms with Crippen molar-refractivity contribution in [2.24, 2.45) is 0 Å². The number of hydrogen-bond acceptors (Lipinski definition) is 2. The summed E-state index contributed by atoms with van der Waals surface area (Å²) in [6.45, 7) is 1.78. The summed E-state index contributed by atoms with van der Waals surface area (Å²) in [4.78, 5) is 12.8. The largest absolute Gasteiger partial charge is 0.478 e. The average Bonchev–Trinajstić information content (AvgIpc) is 2.33. The second kappa shape index (κ2) is 5.87. The van der Waals surface area contributed by atoms with Gasteiger partial charge in [0.05, 0.1) is 15.6 Å². The van der Waals surface area contributed by atoms with Crippen LogP contribution < -0.4 is 0 Å². The van der Waals surface area contributed by atoms with Crippen LogP contribution in [-0.2, 0) is 0 Å². The molecule has 0 amide bonds. The van der Waals surface area contributed by atoms with E-state index < -0.39 is 5.97 Å². The van der Waals surface area contributed by atoms with Crippen molar-refractivity contribution < 1.29 is 9.90 Å². The standard InChI is InChI=1S/C14H10Cl2O2S/c1-8-6-9(2-4-11(8)14(17)18)19-10-3-5-12(15)13(16)7-10/h2-7H,1H3,(H,17,18). The summed E-state index contributed by atoms with van der Waals surface area (Å²) >= 11 is 13.3. The van der Waals surface area contributed by atoms with Gasteiger partial charge in [0.15, 0.2) is 0 Å². The predicted molar refractivity (Wildman–Crippen MR) is 78.7 cm³/mol. The molecular formula is C14H10Cl2O2S. The molecule has 2 aromatic rings. The smallest absolute Gasteiger partial charge is 0.335 e. The highest BCUT2D eigenvalue weighted by Gasteiger charge is 2.08. The molecule has 0 saturated heterocycles. The minimum absolute atomic E-state index is 0.318. The van der Waals surface area contributed by atoms with E-state index in [0.29, 0.717) is 15.6 Å². The zero-order valence-corrected chi connectivity index (χ0v) is 12.3. The van der Waals surface area contributed by atoms with Gasteiger partial charge in [-0.2, -0.15) is 0 Å². The first-order valence-corrected chi connectivity index (χ1v) is 7.01. The Hall–Kier alpha value is -1.16. The molecule has 0 aliphatic carbocycles. The summed E-state index contributed by atoms with van der Waals surface area (Å²) in [6, 6.07) is 10.6. The van der Waals surface area contributed by atoms with Gasteiger partial charge >= 0.3 is 5.97 Å². The summed E-state index contributed by atoms with van der Waals surface area (Å²) in [7, 11) is 0. The van der Waals surface area contributed by atoms with Gasteiger partial charge in [0, 0.05) is 9.79 Å². The fourth-order valence-electron chi connectivity index (χ4n) is 1.62. The van der Waals surface area contributed by atoms with E-state index in [0.717, 1.165) is 15.4 Å². The highest BCUT2D eigenvalue weighted by atomic mass is 35.5. The van der Waals surface area contributed by atoms with E-state index in [1.54, 1.807) is 31.2 Å². The predicted octanol–water partition coefficient (Wildman–Crippen LogP) is 5.15. The molecule has 0 fully saturated rings. The van der Waals surface area contributed by atoms with E-state index in [1.807, 2.05) is 12.1 Å². The number of carbonyl (C=O) groups is 1. The minimum Gasteiger partial charge on any atom is -0.478 e. The van der Waals surface area contributed by atoms with E-state index in [2.05, 4.69) is 0 Å². The van der Waals surface area contributed by atoms with Gasteiger partial charge in [0.25, 0.3) is 0 Å². The van der Waals surface area contributed by atoms with E-state index >= 15 is 0 Å². The van der Waals surface area contributed by atoms with Crippen molar-refractivity contribution in [1.82, 2.24) is 0 Å². The Kier molecular flexibility index (Phi) is 4.40. The van der Waals surface area contributed by atoms with Crippen LogP contribution in [0.3, 0.4) is 0 Å². The highest BCUT2D eigenvalue weighted by Crippen LogP contribution is 2.33. The first-order chi connectivity index (χ1) is 8.97. The topological polar surface area (TPSA) is 37.3 Å². The minimum atomic E-state index is -0.913. The van der Waals surface area contributed by atoms with Gasteiger partial charge in [0.2, 0.25) is 0 Å². The van der Waals surface area contributed by atoms with Crippen molar-refractivity contribution in [2.45, 2.75) is 16.7 Å². The molecule has 0 atom stereocenters. The molecule has 98 valence electrons. The number of benzene rings is 2. The molecule has 0 unspecified atom stereocenters. The van der Waals surface area contributed by atoms with E-state index in [1.165, 1.54) is 11.8 Å². The fraction of sp³-hybridized carbons (Fsp3) is 0.0714. The number of carboxylic acids is 1. The average molecular weight is 313 g/mol. The van der Waals surface area contributed by atoms with Crippen molar-refractivity contribution in [3.63, 3.8) is 0 Å². The summed E-state index contributed by atoms with van der Waals surface area (Å²) in [5, 5.41) is 10.00. The Balaban J connectivity index is 2.26. The maximum Gasteiger partial charge on any atom is 0.335 e. The molecule has 2 nitrogen and oxygen atoms in total. The molecular weight excluding hydrogens is 303 g/mol. The Bertz CT molecular complexity index is 641. The van der Waals surface area contributed by atoms with Gasteiger partial charge in [-0.3, -0.25) is 0 Å². The molecule has 0 radical (unpaired) electrons. The number of hydrogen-bond donors (Lipinski definition) is 1. The van der Waals surface area contributed by atoms with Crippen LogP contribution in [0.1, 0.15) is 15.9 Å². The van der Waals surface area contributed by atoms with Crippen LogP contribution in [0, 0.1) is 6.92 Å². The van der Waals surface area contributed by atoms with Gasteiger partial charge in [-0.1, -0.05) is 35.0 Å². The van der Waals surface area contributed by atoms with Crippen LogP contribution in [0.5, 0.6) is 0 Å². The molecule has 0 aliphatic heterocycles. The lowest BCUT2D eigenvalue weighted by Gasteiger charge is -2.06. The molecule has 1 N–H and O–H groups in total. The maximum atomic E-state index is 10.9. The van der Waals surface area contributed by atoms with Crippen LogP contribution in [0.2, 0.25) is 10.0 Å². The molecule has 0 heterocycles. The summed E-state index contributed by atoms with van der Waals surface area (Å²) in [6.07, 6.45) is 0. The quantitative estimate of drug-likeness (QED) is 0.851. The molecule has 2 rings (SSSR count). The lowest BCUT2D eigenvalue weighted by atomic mass is 10.1. The zero-order valence-electron chi connectivity index (χ0n) is 9.98. The van der Waals surface area contributed by atoms with Crippen LogP contribution >= 0.6 is 35.0 Å². The third kappa shape index (κ3) is 3.44. The molecule has 5 heteroatoms. The highest BCUT2D eigenvalue weighted by molar-refractivity contribution is 7.99. The van der Waals surface area contributed by atoms with E-state index in [9.17, 15) is 4.79 Å². The van der Waals surface area contributed by atoms with Crippen molar-refractivity contribution in [2.75, 3.05) is 0 Å². The number of carboxylic acid groups (broad SMARTS) is 1. The number of rotatable bonds is 3. The molecule has 2 aromatic carbocycles. The summed E-state index contributed by atoms with van der Waals surface area (Å²) in [5.74, 6) is -0.913. The third-order valence-corrected chi connectivity index (χ3v) is 4.27.